The van der Waals surface area contributed by atoms with E-state index in [1.54, 1.807) is 15.7 Å². The quantitative estimate of drug-likeness (QED) is 0.711. The van der Waals surface area contributed by atoms with Gasteiger partial charge in [-0.25, -0.2) is 0 Å². The molecule has 0 radical (unpaired) electrons. The average Bonchev–Trinajstić information content (AvgIpc) is 3.55. The third-order valence-corrected chi connectivity index (χ3v) is 7.70. The lowest BCUT2D eigenvalue weighted by Gasteiger charge is -2.44. The summed E-state index contributed by atoms with van der Waals surface area (Å²) in [5, 5.41) is 0. The van der Waals surface area contributed by atoms with Crippen molar-refractivity contribution < 1.29 is 9.59 Å². The maximum Gasteiger partial charge on any atom is 0.268 e. The molecule has 3 aliphatic rings. The van der Waals surface area contributed by atoms with Crippen LogP contribution in [-0.4, -0.2) is 50.9 Å². The van der Waals surface area contributed by atoms with Crippen molar-refractivity contribution >= 4 is 11.8 Å². The van der Waals surface area contributed by atoms with E-state index in [1.807, 2.05) is 42.2 Å². The van der Waals surface area contributed by atoms with Gasteiger partial charge in [0.05, 0.1) is 0 Å². The number of amides is 2. The summed E-state index contributed by atoms with van der Waals surface area (Å²) in [7, 11) is 0. The molecule has 6 heteroatoms. The molecular weight excluding hydrogens is 414 g/mol. The van der Waals surface area contributed by atoms with Gasteiger partial charge in [-0.15, -0.1) is 0 Å². The van der Waals surface area contributed by atoms with Gasteiger partial charge in [-0.2, -0.15) is 0 Å². The van der Waals surface area contributed by atoms with E-state index in [9.17, 15) is 14.4 Å². The molecule has 2 aromatic rings. The summed E-state index contributed by atoms with van der Waals surface area (Å²) < 4.78 is 1.56. The first-order chi connectivity index (χ1) is 15.8. The van der Waals surface area contributed by atoms with Crippen LogP contribution < -0.4 is 5.56 Å². The number of hydrogen-bond donors (Lipinski definition) is 0. The van der Waals surface area contributed by atoms with Gasteiger partial charge in [0.1, 0.15) is 11.1 Å². The Morgan fingerprint density at radius 3 is 2.48 bits per heavy atom. The van der Waals surface area contributed by atoms with E-state index in [0.717, 1.165) is 43.5 Å². The zero-order valence-electron chi connectivity index (χ0n) is 19.8. The first kappa shape index (κ1) is 21.9. The van der Waals surface area contributed by atoms with Crippen LogP contribution in [0.25, 0.3) is 5.69 Å². The molecule has 5 rings (SSSR count). The van der Waals surface area contributed by atoms with Crippen molar-refractivity contribution in [1.82, 2.24) is 14.4 Å². The van der Waals surface area contributed by atoms with Crippen LogP contribution in [0.4, 0.5) is 0 Å². The first-order valence-electron chi connectivity index (χ1n) is 12.3. The molecule has 2 aliphatic heterocycles. The van der Waals surface area contributed by atoms with E-state index >= 15 is 0 Å². The molecule has 0 N–H and O–H groups in total. The number of piperidine rings is 1. The molecule has 2 amide bonds. The normalized spacial score (nSPS) is 23.1. The Morgan fingerprint density at radius 1 is 1.06 bits per heavy atom. The molecule has 1 aliphatic carbocycles. The number of nitrogens with zero attached hydrogens (tertiary/aromatic N) is 3. The molecule has 2 saturated heterocycles. The minimum atomic E-state index is -0.783. The zero-order valence-corrected chi connectivity index (χ0v) is 19.8. The second-order valence-electron chi connectivity index (χ2n) is 10.2. The van der Waals surface area contributed by atoms with Crippen LogP contribution in [0.2, 0.25) is 0 Å². The highest BCUT2D eigenvalue weighted by Crippen LogP contribution is 2.42. The summed E-state index contributed by atoms with van der Waals surface area (Å²) in [6.07, 6.45) is 6.96. The van der Waals surface area contributed by atoms with Crippen molar-refractivity contribution in [2.75, 3.05) is 13.1 Å². The standard InChI is InChI=1S/C27H33N3O3/c1-18(2)20-7-4-8-22(17-20)28-16-11-19(3)23(24(28)31)25(32)30-15-6-13-27(30)12-5-14-29(26(27)33)21-9-10-21/h4,7-8,11,16-18,21H,5-6,9-10,12-15H2,1-3H3. The molecule has 174 valence electrons. The Kier molecular flexibility index (Phi) is 5.42. The summed E-state index contributed by atoms with van der Waals surface area (Å²) in [6, 6.07) is 10.1. The van der Waals surface area contributed by atoms with Gasteiger partial charge in [-0.3, -0.25) is 19.0 Å². The van der Waals surface area contributed by atoms with E-state index < -0.39 is 5.54 Å². The van der Waals surface area contributed by atoms with E-state index in [2.05, 4.69) is 13.8 Å². The Balaban J connectivity index is 1.53. The van der Waals surface area contributed by atoms with E-state index in [4.69, 9.17) is 0 Å². The number of likely N-dealkylation sites (tertiary alicyclic amines) is 2. The van der Waals surface area contributed by atoms with Gasteiger partial charge >= 0.3 is 0 Å². The highest BCUT2D eigenvalue weighted by Gasteiger charge is 2.55. The molecule has 3 fully saturated rings. The second kappa shape index (κ2) is 8.15. The lowest BCUT2D eigenvalue weighted by Crippen LogP contribution is -2.62. The SMILES string of the molecule is Cc1ccn(-c2cccc(C(C)C)c2)c(=O)c1C(=O)N1CCCC12CCCN(C1CC1)C2=O. The number of benzene rings is 1. The molecule has 6 nitrogen and oxygen atoms in total. The molecular formula is C27H33N3O3. The monoisotopic (exact) mass is 447 g/mol. The van der Waals surface area contributed by atoms with Crippen LogP contribution in [0.3, 0.4) is 0 Å². The van der Waals surface area contributed by atoms with Gasteiger partial charge < -0.3 is 9.80 Å². The van der Waals surface area contributed by atoms with Gasteiger partial charge in [0.15, 0.2) is 0 Å². The average molecular weight is 448 g/mol. The van der Waals surface area contributed by atoms with Crippen molar-refractivity contribution in [2.24, 2.45) is 0 Å². The summed E-state index contributed by atoms with van der Waals surface area (Å²) in [6.45, 7) is 7.36. The molecule has 0 bridgehead atoms. The Hall–Kier alpha value is -2.89. The maximum absolute atomic E-state index is 13.9. The number of hydrogen-bond acceptors (Lipinski definition) is 3. The van der Waals surface area contributed by atoms with E-state index in [1.165, 1.54) is 0 Å². The summed E-state index contributed by atoms with van der Waals surface area (Å²) in [4.78, 5) is 44.9. The number of rotatable bonds is 4. The lowest BCUT2D eigenvalue weighted by atomic mass is 9.84. The van der Waals surface area contributed by atoms with Crippen LogP contribution in [0.15, 0.2) is 41.3 Å². The Bertz CT molecular complexity index is 1160. The third kappa shape index (κ3) is 3.60. The van der Waals surface area contributed by atoms with Crippen LogP contribution in [-0.2, 0) is 4.79 Å². The predicted octanol–water partition coefficient (Wildman–Crippen LogP) is 4.03. The van der Waals surface area contributed by atoms with E-state index in [0.29, 0.717) is 36.9 Å². The second-order valence-corrected chi connectivity index (χ2v) is 10.2. The van der Waals surface area contributed by atoms with Crippen molar-refractivity contribution in [1.29, 1.82) is 0 Å². The van der Waals surface area contributed by atoms with Gasteiger partial charge in [0.25, 0.3) is 11.5 Å². The molecule has 1 atom stereocenters. The number of aryl methyl sites for hydroxylation is 1. The van der Waals surface area contributed by atoms with Crippen LogP contribution in [0, 0.1) is 6.92 Å². The van der Waals surface area contributed by atoms with Crippen molar-refractivity contribution in [2.45, 2.75) is 76.8 Å². The highest BCUT2D eigenvalue weighted by atomic mass is 16.2. The molecule has 1 aromatic carbocycles. The number of carbonyl (C=O) groups is 2. The summed E-state index contributed by atoms with van der Waals surface area (Å²) in [5.41, 5.74) is 1.64. The minimum absolute atomic E-state index is 0.0978. The van der Waals surface area contributed by atoms with Gasteiger partial charge in [0.2, 0.25) is 5.91 Å². The van der Waals surface area contributed by atoms with Crippen LogP contribution in [0.5, 0.6) is 0 Å². The predicted molar refractivity (Wildman–Crippen MR) is 128 cm³/mol. The number of aromatic nitrogens is 1. The largest absolute Gasteiger partial charge is 0.338 e. The molecule has 1 spiro atoms. The fourth-order valence-corrected chi connectivity index (χ4v) is 5.67. The highest BCUT2D eigenvalue weighted by molar-refractivity contribution is 6.00. The lowest BCUT2D eigenvalue weighted by molar-refractivity contribution is -0.146. The molecule has 33 heavy (non-hydrogen) atoms. The fourth-order valence-electron chi connectivity index (χ4n) is 5.67. The van der Waals surface area contributed by atoms with Crippen molar-refractivity contribution in [3.05, 3.63) is 63.6 Å². The van der Waals surface area contributed by atoms with Gasteiger partial charge in [-0.05, 0) is 80.7 Å². The Labute approximate surface area is 195 Å². The third-order valence-electron chi connectivity index (χ3n) is 7.70. The summed E-state index contributed by atoms with van der Waals surface area (Å²) >= 11 is 0. The smallest absolute Gasteiger partial charge is 0.268 e. The van der Waals surface area contributed by atoms with Crippen LogP contribution in [0.1, 0.15) is 79.8 Å². The molecule has 3 heterocycles. The van der Waals surface area contributed by atoms with Gasteiger partial charge in [-0.1, -0.05) is 26.0 Å². The van der Waals surface area contributed by atoms with Crippen molar-refractivity contribution in [3.63, 3.8) is 0 Å². The topological polar surface area (TPSA) is 62.6 Å². The zero-order chi connectivity index (χ0) is 23.3. The minimum Gasteiger partial charge on any atom is -0.338 e. The van der Waals surface area contributed by atoms with E-state index in [-0.39, 0.29) is 22.9 Å². The first-order valence-corrected chi connectivity index (χ1v) is 12.3. The fraction of sp³-hybridized carbons (Fsp3) is 0.519. The summed E-state index contributed by atoms with van der Waals surface area (Å²) in [5.74, 6) is 0.138. The van der Waals surface area contributed by atoms with Gasteiger partial charge in [0, 0.05) is 31.0 Å². The number of pyridine rings is 1. The van der Waals surface area contributed by atoms with Crippen LogP contribution >= 0.6 is 0 Å². The maximum atomic E-state index is 13.9. The molecule has 1 unspecified atom stereocenters. The Morgan fingerprint density at radius 2 is 1.79 bits per heavy atom. The molecule has 1 saturated carbocycles. The van der Waals surface area contributed by atoms with Crippen molar-refractivity contribution in [3.8, 4) is 5.69 Å². The molecule has 1 aromatic heterocycles. The number of carbonyl (C=O) groups excluding carboxylic acids is 2.